The van der Waals surface area contributed by atoms with Gasteiger partial charge in [-0.1, -0.05) is 6.07 Å². The van der Waals surface area contributed by atoms with Crippen LogP contribution in [0, 0.1) is 27.7 Å². The van der Waals surface area contributed by atoms with Gasteiger partial charge in [0.25, 0.3) is 5.91 Å². The number of amides is 1. The molecule has 3 heterocycles. The van der Waals surface area contributed by atoms with Crippen molar-refractivity contribution in [2.75, 3.05) is 12.8 Å². The lowest BCUT2D eigenvalue weighted by atomic mass is 10.1. The zero-order chi connectivity index (χ0) is 20.3. The molecule has 8 heteroatoms. The van der Waals surface area contributed by atoms with Gasteiger partial charge in [0.2, 0.25) is 0 Å². The molecule has 0 fully saturated rings. The maximum absolute atomic E-state index is 12.3. The number of thiazole rings is 1. The van der Waals surface area contributed by atoms with Gasteiger partial charge in [-0.05, 0) is 39.3 Å². The number of benzene rings is 1. The summed E-state index contributed by atoms with van der Waals surface area (Å²) in [4.78, 5) is 21.5. The molecule has 4 aromatic rings. The van der Waals surface area contributed by atoms with E-state index in [1.165, 1.54) is 11.3 Å². The Morgan fingerprint density at radius 1 is 1.18 bits per heavy atom. The predicted molar refractivity (Wildman–Crippen MR) is 113 cm³/mol. The summed E-state index contributed by atoms with van der Waals surface area (Å²) in [5.74, 6) is 0.459. The van der Waals surface area contributed by atoms with E-state index in [9.17, 15) is 4.79 Å². The Labute approximate surface area is 165 Å². The Kier molecular flexibility index (Phi) is 4.04. The van der Waals surface area contributed by atoms with Crippen LogP contribution in [0.25, 0.3) is 26.9 Å². The van der Waals surface area contributed by atoms with Crippen LogP contribution in [0.1, 0.15) is 32.2 Å². The number of rotatable bonds is 3. The summed E-state index contributed by atoms with van der Waals surface area (Å²) in [7, 11) is 1.63. The third-order valence-corrected chi connectivity index (χ3v) is 6.01. The third kappa shape index (κ3) is 2.37. The van der Waals surface area contributed by atoms with Crippen molar-refractivity contribution in [1.29, 1.82) is 0 Å². The van der Waals surface area contributed by atoms with E-state index in [1.54, 1.807) is 7.11 Å². The second-order valence-corrected chi connectivity index (χ2v) is 8.03. The van der Waals surface area contributed by atoms with Crippen LogP contribution in [0.15, 0.2) is 12.1 Å². The minimum Gasteiger partial charge on any atom is -0.496 e. The molecule has 0 aliphatic carbocycles. The van der Waals surface area contributed by atoms with Gasteiger partial charge < -0.3 is 16.2 Å². The third-order valence-electron chi connectivity index (χ3n) is 5.05. The molecule has 0 atom stereocenters. The molecule has 0 spiro atoms. The van der Waals surface area contributed by atoms with Crippen LogP contribution in [-0.2, 0) is 0 Å². The van der Waals surface area contributed by atoms with Crippen molar-refractivity contribution in [2.45, 2.75) is 27.7 Å². The molecule has 4 rings (SSSR count). The first-order valence-corrected chi connectivity index (χ1v) is 9.59. The molecule has 0 aliphatic heterocycles. The molecular formula is C20H21N5O2S. The lowest BCUT2D eigenvalue weighted by Gasteiger charge is -2.17. The standard InChI is InChI=1S/C20H21N5O2S/c1-8-6-7-12(27-5)9(2)15(8)25-16-13(14(18(25)21)19(22)26)10(3)23-20-17(16)28-11(4)24-20/h6-7H,21H2,1-5H3,(H2,22,26). The molecule has 0 bridgehead atoms. The number of hydrogen-bond acceptors (Lipinski definition) is 6. The topological polar surface area (TPSA) is 109 Å². The van der Waals surface area contributed by atoms with Crippen LogP contribution in [0.4, 0.5) is 5.82 Å². The van der Waals surface area contributed by atoms with Crippen molar-refractivity contribution < 1.29 is 9.53 Å². The highest BCUT2D eigenvalue weighted by molar-refractivity contribution is 7.19. The highest BCUT2D eigenvalue weighted by atomic mass is 32.1. The second-order valence-electron chi connectivity index (χ2n) is 6.82. The largest absolute Gasteiger partial charge is 0.496 e. The number of carbonyl (C=O) groups excluding carboxylic acids is 1. The number of nitrogens with zero attached hydrogens (tertiary/aromatic N) is 3. The molecule has 3 aromatic heterocycles. The van der Waals surface area contributed by atoms with Gasteiger partial charge in [0.1, 0.15) is 11.6 Å². The highest BCUT2D eigenvalue weighted by Gasteiger charge is 2.27. The summed E-state index contributed by atoms with van der Waals surface area (Å²) in [6.45, 7) is 7.75. The van der Waals surface area contributed by atoms with Crippen molar-refractivity contribution in [1.82, 2.24) is 14.5 Å². The number of nitrogens with two attached hydrogens (primary N) is 2. The van der Waals surface area contributed by atoms with Gasteiger partial charge in [-0.2, -0.15) is 0 Å². The van der Waals surface area contributed by atoms with Gasteiger partial charge in [0, 0.05) is 10.9 Å². The zero-order valence-electron chi connectivity index (χ0n) is 16.4. The van der Waals surface area contributed by atoms with Crippen molar-refractivity contribution in [3.8, 4) is 11.4 Å². The van der Waals surface area contributed by atoms with Gasteiger partial charge >= 0.3 is 0 Å². The number of pyridine rings is 1. The summed E-state index contributed by atoms with van der Waals surface area (Å²) < 4.78 is 8.29. The van der Waals surface area contributed by atoms with E-state index < -0.39 is 5.91 Å². The van der Waals surface area contributed by atoms with E-state index in [2.05, 4.69) is 9.97 Å². The normalized spacial score (nSPS) is 11.5. The molecule has 7 nitrogen and oxygen atoms in total. The molecule has 4 N–H and O–H groups in total. The molecule has 0 aliphatic rings. The number of aryl methyl sites for hydroxylation is 3. The molecule has 1 amide bonds. The van der Waals surface area contributed by atoms with Crippen molar-refractivity contribution in [3.63, 3.8) is 0 Å². The Bertz CT molecular complexity index is 1290. The van der Waals surface area contributed by atoms with Gasteiger partial charge in [0.15, 0.2) is 5.65 Å². The van der Waals surface area contributed by atoms with Crippen LogP contribution >= 0.6 is 11.3 Å². The van der Waals surface area contributed by atoms with Crippen LogP contribution in [0.3, 0.4) is 0 Å². The van der Waals surface area contributed by atoms with Crippen LogP contribution in [-0.4, -0.2) is 27.6 Å². The second kappa shape index (κ2) is 6.20. The van der Waals surface area contributed by atoms with Crippen LogP contribution in [0.2, 0.25) is 0 Å². The fraction of sp³-hybridized carbons (Fsp3) is 0.250. The average Bonchev–Trinajstić information content (AvgIpc) is 3.13. The molecule has 144 valence electrons. The summed E-state index contributed by atoms with van der Waals surface area (Å²) in [5.41, 5.74) is 17.4. The number of anilines is 1. The fourth-order valence-corrected chi connectivity index (χ4v) is 4.78. The summed E-state index contributed by atoms with van der Waals surface area (Å²) in [6, 6.07) is 3.89. The lowest BCUT2D eigenvalue weighted by Crippen LogP contribution is -2.14. The van der Waals surface area contributed by atoms with E-state index in [4.69, 9.17) is 16.2 Å². The first kappa shape index (κ1) is 18.2. The molecule has 1 aromatic carbocycles. The van der Waals surface area contributed by atoms with Crippen LogP contribution in [0.5, 0.6) is 5.75 Å². The number of nitrogen functional groups attached to an aromatic ring is 1. The molecule has 0 radical (unpaired) electrons. The summed E-state index contributed by atoms with van der Waals surface area (Å²) in [5, 5.41) is 1.56. The maximum Gasteiger partial charge on any atom is 0.253 e. The monoisotopic (exact) mass is 395 g/mol. The van der Waals surface area contributed by atoms with Gasteiger partial charge in [-0.15, -0.1) is 11.3 Å². The number of carbonyl (C=O) groups is 1. The molecule has 0 saturated carbocycles. The number of fused-ring (bicyclic) bond motifs is 3. The van der Waals surface area contributed by atoms with E-state index in [-0.39, 0.29) is 5.56 Å². The van der Waals surface area contributed by atoms with Gasteiger partial charge in [-0.25, -0.2) is 9.97 Å². The number of methoxy groups -OCH3 is 1. The highest BCUT2D eigenvalue weighted by Crippen LogP contribution is 2.41. The van der Waals surface area contributed by atoms with Crippen molar-refractivity contribution in [2.24, 2.45) is 5.73 Å². The van der Waals surface area contributed by atoms with Crippen molar-refractivity contribution in [3.05, 3.63) is 39.5 Å². The Hall–Kier alpha value is -3.13. The molecule has 0 saturated heterocycles. The van der Waals surface area contributed by atoms with Crippen LogP contribution < -0.4 is 16.2 Å². The first-order valence-electron chi connectivity index (χ1n) is 8.78. The minimum absolute atomic E-state index is 0.287. The Balaban J connectivity index is 2.31. The number of ether oxygens (including phenoxy) is 1. The minimum atomic E-state index is -0.579. The fourth-order valence-electron chi connectivity index (χ4n) is 3.88. The summed E-state index contributed by atoms with van der Waals surface area (Å²) in [6.07, 6.45) is 0. The zero-order valence-corrected chi connectivity index (χ0v) is 17.2. The summed E-state index contributed by atoms with van der Waals surface area (Å²) >= 11 is 1.52. The number of aromatic nitrogens is 3. The van der Waals surface area contributed by atoms with E-state index in [1.807, 2.05) is 44.4 Å². The smallest absolute Gasteiger partial charge is 0.253 e. The maximum atomic E-state index is 12.3. The lowest BCUT2D eigenvalue weighted by molar-refractivity contribution is 0.100. The molecule has 28 heavy (non-hydrogen) atoms. The quantitative estimate of drug-likeness (QED) is 0.551. The van der Waals surface area contributed by atoms with E-state index in [0.29, 0.717) is 22.5 Å². The molecule has 0 unspecified atom stereocenters. The first-order chi connectivity index (χ1) is 13.3. The van der Waals surface area contributed by atoms with E-state index >= 15 is 0 Å². The van der Waals surface area contributed by atoms with Gasteiger partial charge in [0.05, 0.1) is 39.3 Å². The number of primary amides is 1. The van der Waals surface area contributed by atoms with Gasteiger partial charge in [-0.3, -0.25) is 9.36 Å². The van der Waals surface area contributed by atoms with E-state index in [0.717, 1.165) is 37.8 Å². The Morgan fingerprint density at radius 3 is 2.54 bits per heavy atom. The SMILES string of the molecule is COc1ccc(C)c(-n2c(N)c(C(N)=O)c3c(C)nc4nc(C)sc4c32)c1C. The number of hydrogen-bond donors (Lipinski definition) is 2. The average molecular weight is 395 g/mol. The molecular weight excluding hydrogens is 374 g/mol. The predicted octanol–water partition coefficient (Wildman–Crippen LogP) is 3.56. The Morgan fingerprint density at radius 2 is 1.89 bits per heavy atom. The van der Waals surface area contributed by atoms with Crippen molar-refractivity contribution >= 4 is 44.3 Å².